The molecule has 0 atom stereocenters. The molecule has 0 saturated carbocycles. The predicted molar refractivity (Wildman–Crippen MR) is 77.1 cm³/mol. The summed E-state index contributed by atoms with van der Waals surface area (Å²) < 4.78 is 6.98. The molecule has 2 aromatic rings. The van der Waals surface area contributed by atoms with E-state index in [0.29, 0.717) is 18.9 Å². The Balaban J connectivity index is 1.88. The summed E-state index contributed by atoms with van der Waals surface area (Å²) in [6.07, 6.45) is 5.67. The van der Waals surface area contributed by atoms with Crippen molar-refractivity contribution in [2.75, 3.05) is 6.61 Å². The lowest BCUT2D eigenvalue weighted by atomic mass is 10.2. The Labute approximate surface area is 121 Å². The zero-order chi connectivity index (χ0) is 15.1. The van der Waals surface area contributed by atoms with Crippen molar-refractivity contribution in [1.29, 1.82) is 0 Å². The number of hydrogen-bond donors (Lipinski definition) is 1. The maximum Gasteiger partial charge on any atom is 0.347 e. The first kappa shape index (κ1) is 14.5. The molecule has 0 spiro atoms. The summed E-state index contributed by atoms with van der Waals surface area (Å²) in [5.41, 5.74) is 0.462. The maximum absolute atomic E-state index is 11.4. The van der Waals surface area contributed by atoms with E-state index in [4.69, 9.17) is 9.84 Å². The molecular formula is C15H14N2O4. The smallest absolute Gasteiger partial charge is 0.347 e. The second-order valence-electron chi connectivity index (χ2n) is 4.18. The largest absolute Gasteiger partial charge is 0.492 e. The van der Waals surface area contributed by atoms with Crippen LogP contribution in [0, 0.1) is 0 Å². The van der Waals surface area contributed by atoms with Gasteiger partial charge in [-0.05, 0) is 29.8 Å². The summed E-state index contributed by atoms with van der Waals surface area (Å²) >= 11 is 0. The average molecular weight is 286 g/mol. The number of ether oxygens (including phenoxy) is 1. The van der Waals surface area contributed by atoms with Gasteiger partial charge in [-0.25, -0.2) is 14.6 Å². The number of carbonyl (C=O) groups is 1. The molecule has 0 amide bonds. The lowest BCUT2D eigenvalue weighted by molar-refractivity contribution is -0.131. The third kappa shape index (κ3) is 4.61. The number of aromatic nitrogens is 2. The molecule has 0 saturated heterocycles. The lowest BCUT2D eigenvalue weighted by Crippen LogP contribution is -2.24. The van der Waals surface area contributed by atoms with Gasteiger partial charge in [0.2, 0.25) is 0 Å². The second kappa shape index (κ2) is 7.04. The first-order valence-corrected chi connectivity index (χ1v) is 6.30. The van der Waals surface area contributed by atoms with Gasteiger partial charge in [-0.2, -0.15) is 0 Å². The topological polar surface area (TPSA) is 81.4 Å². The van der Waals surface area contributed by atoms with Crippen LogP contribution in [0.5, 0.6) is 5.75 Å². The van der Waals surface area contributed by atoms with Crippen molar-refractivity contribution in [3.8, 4) is 5.75 Å². The van der Waals surface area contributed by atoms with Crippen LogP contribution >= 0.6 is 0 Å². The number of benzene rings is 1. The van der Waals surface area contributed by atoms with E-state index in [-0.39, 0.29) is 5.69 Å². The van der Waals surface area contributed by atoms with E-state index in [9.17, 15) is 9.59 Å². The highest BCUT2D eigenvalue weighted by Gasteiger charge is 1.97. The first-order valence-electron chi connectivity index (χ1n) is 6.30. The Bertz CT molecular complexity index is 689. The normalized spacial score (nSPS) is 10.7. The van der Waals surface area contributed by atoms with Crippen LogP contribution in [0.2, 0.25) is 0 Å². The molecule has 108 valence electrons. The second-order valence-corrected chi connectivity index (χ2v) is 4.18. The zero-order valence-electron chi connectivity index (χ0n) is 11.2. The summed E-state index contributed by atoms with van der Waals surface area (Å²) in [7, 11) is 0. The third-order valence-corrected chi connectivity index (χ3v) is 2.68. The van der Waals surface area contributed by atoms with Gasteiger partial charge in [0.05, 0.1) is 6.54 Å². The Kier molecular flexibility index (Phi) is 4.87. The van der Waals surface area contributed by atoms with E-state index in [0.717, 1.165) is 11.6 Å². The van der Waals surface area contributed by atoms with Crippen molar-refractivity contribution in [3.05, 3.63) is 64.8 Å². The summed E-state index contributed by atoms with van der Waals surface area (Å²) in [5, 5.41) is 8.53. The molecule has 1 N–H and O–H groups in total. The molecule has 1 aromatic carbocycles. The van der Waals surface area contributed by atoms with Gasteiger partial charge in [-0.1, -0.05) is 12.1 Å². The number of rotatable bonds is 6. The first-order chi connectivity index (χ1) is 10.1. The highest BCUT2D eigenvalue weighted by Crippen LogP contribution is 2.13. The fourth-order valence-electron chi connectivity index (χ4n) is 1.66. The molecule has 1 heterocycles. The molecule has 6 heteroatoms. The van der Waals surface area contributed by atoms with Crippen molar-refractivity contribution >= 4 is 12.0 Å². The van der Waals surface area contributed by atoms with Gasteiger partial charge in [0.1, 0.15) is 12.4 Å². The summed E-state index contributed by atoms with van der Waals surface area (Å²) in [6, 6.07) is 8.68. The van der Waals surface area contributed by atoms with E-state index in [1.807, 2.05) is 0 Å². The Morgan fingerprint density at radius 1 is 1.33 bits per heavy atom. The Morgan fingerprint density at radius 2 is 2.10 bits per heavy atom. The molecule has 0 unspecified atom stereocenters. The SMILES string of the molecule is O=C(O)C=Cc1ccc(OCCn2cccnc2=O)cc1. The zero-order valence-corrected chi connectivity index (χ0v) is 11.2. The number of carboxylic acids is 1. The monoisotopic (exact) mass is 286 g/mol. The Hall–Kier alpha value is -2.89. The van der Waals surface area contributed by atoms with E-state index in [2.05, 4.69) is 4.98 Å². The molecule has 6 nitrogen and oxygen atoms in total. The molecular weight excluding hydrogens is 272 g/mol. The van der Waals surface area contributed by atoms with Crippen LogP contribution in [-0.2, 0) is 11.3 Å². The van der Waals surface area contributed by atoms with Crippen molar-refractivity contribution in [3.63, 3.8) is 0 Å². The Morgan fingerprint density at radius 3 is 2.76 bits per heavy atom. The van der Waals surface area contributed by atoms with Crippen LogP contribution in [-0.4, -0.2) is 27.2 Å². The molecule has 0 bridgehead atoms. The standard InChI is InChI=1S/C15H14N2O4/c18-14(19)7-4-12-2-5-13(6-3-12)21-11-10-17-9-1-8-16-15(17)20/h1-9H,10-11H2,(H,18,19). The number of aliphatic carboxylic acids is 1. The minimum Gasteiger partial charge on any atom is -0.492 e. The molecule has 0 fully saturated rings. The van der Waals surface area contributed by atoms with Gasteiger partial charge in [-0.15, -0.1) is 0 Å². The van der Waals surface area contributed by atoms with Gasteiger partial charge >= 0.3 is 11.7 Å². The van der Waals surface area contributed by atoms with Gasteiger partial charge in [-0.3, -0.25) is 4.57 Å². The van der Waals surface area contributed by atoms with Crippen LogP contribution in [0.3, 0.4) is 0 Å². The van der Waals surface area contributed by atoms with Gasteiger partial charge in [0.25, 0.3) is 0 Å². The van der Waals surface area contributed by atoms with E-state index in [1.165, 1.54) is 16.8 Å². The van der Waals surface area contributed by atoms with Crippen molar-refractivity contribution in [1.82, 2.24) is 9.55 Å². The predicted octanol–water partition coefficient (Wildman–Crippen LogP) is 1.42. The third-order valence-electron chi connectivity index (χ3n) is 2.68. The average Bonchev–Trinajstić information content (AvgIpc) is 2.48. The van der Waals surface area contributed by atoms with Gasteiger partial charge in [0, 0.05) is 18.5 Å². The van der Waals surface area contributed by atoms with E-state index < -0.39 is 5.97 Å². The number of carboxylic acid groups (broad SMARTS) is 1. The molecule has 0 aliphatic carbocycles. The van der Waals surface area contributed by atoms with Crippen LogP contribution in [0.15, 0.2) is 53.6 Å². The van der Waals surface area contributed by atoms with Crippen molar-refractivity contribution in [2.45, 2.75) is 6.54 Å². The van der Waals surface area contributed by atoms with E-state index >= 15 is 0 Å². The highest BCUT2D eigenvalue weighted by molar-refractivity contribution is 5.85. The fraction of sp³-hybridized carbons (Fsp3) is 0.133. The molecule has 0 aliphatic rings. The molecule has 0 radical (unpaired) electrons. The quantitative estimate of drug-likeness (QED) is 0.812. The number of nitrogens with zero attached hydrogens (tertiary/aromatic N) is 2. The summed E-state index contributed by atoms with van der Waals surface area (Å²) in [4.78, 5) is 25.4. The van der Waals surface area contributed by atoms with Crippen LogP contribution < -0.4 is 10.4 Å². The minimum atomic E-state index is -0.989. The lowest BCUT2D eigenvalue weighted by Gasteiger charge is -2.07. The van der Waals surface area contributed by atoms with Crippen LogP contribution in [0.1, 0.15) is 5.56 Å². The molecule has 21 heavy (non-hydrogen) atoms. The van der Waals surface area contributed by atoms with E-state index in [1.54, 1.807) is 36.5 Å². The summed E-state index contributed by atoms with van der Waals surface area (Å²) in [6.45, 7) is 0.753. The highest BCUT2D eigenvalue weighted by atomic mass is 16.5. The number of hydrogen-bond acceptors (Lipinski definition) is 4. The van der Waals surface area contributed by atoms with Crippen molar-refractivity contribution in [2.24, 2.45) is 0 Å². The van der Waals surface area contributed by atoms with Gasteiger partial charge < -0.3 is 9.84 Å². The minimum absolute atomic E-state index is 0.310. The fourth-order valence-corrected chi connectivity index (χ4v) is 1.66. The van der Waals surface area contributed by atoms with Gasteiger partial charge in [0.15, 0.2) is 0 Å². The molecule has 0 aliphatic heterocycles. The summed E-state index contributed by atoms with van der Waals surface area (Å²) in [5.74, 6) is -0.336. The molecule has 2 rings (SSSR count). The van der Waals surface area contributed by atoms with Crippen LogP contribution in [0.25, 0.3) is 6.08 Å². The van der Waals surface area contributed by atoms with Crippen LogP contribution in [0.4, 0.5) is 0 Å². The molecule has 1 aromatic heterocycles. The maximum atomic E-state index is 11.4. The van der Waals surface area contributed by atoms with Crippen molar-refractivity contribution < 1.29 is 14.6 Å².